The number of sulfonamides is 1. The van der Waals surface area contributed by atoms with Crippen LogP contribution >= 0.6 is 11.3 Å². The summed E-state index contributed by atoms with van der Waals surface area (Å²) in [6.45, 7) is 1.99. The topological polar surface area (TPSA) is 75.3 Å². The molecule has 128 valence electrons. The van der Waals surface area contributed by atoms with Gasteiger partial charge in [0.25, 0.3) is 10.0 Å². The minimum absolute atomic E-state index is 0.0107. The van der Waals surface area contributed by atoms with Crippen molar-refractivity contribution in [1.29, 1.82) is 0 Å². The number of carbonyl (C=O) groups is 1. The summed E-state index contributed by atoms with van der Waals surface area (Å²) in [6, 6.07) is 10.7. The van der Waals surface area contributed by atoms with Crippen molar-refractivity contribution in [3.05, 3.63) is 46.8 Å². The summed E-state index contributed by atoms with van der Waals surface area (Å²) in [4.78, 5) is 12.8. The second-order valence-electron chi connectivity index (χ2n) is 5.90. The second kappa shape index (κ2) is 6.94. The van der Waals surface area contributed by atoms with Crippen molar-refractivity contribution in [3.8, 4) is 0 Å². The minimum atomic E-state index is -3.56. The highest BCUT2D eigenvalue weighted by molar-refractivity contribution is 7.94. The van der Waals surface area contributed by atoms with E-state index in [1.165, 1.54) is 11.3 Å². The third kappa shape index (κ3) is 4.36. The normalized spacial score (nSPS) is 14.4. The third-order valence-corrected chi connectivity index (χ3v) is 6.87. The maximum absolute atomic E-state index is 12.4. The molecular formula is C17H20N2O3S2. The average Bonchev–Trinajstić information content (AvgIpc) is 3.20. The molecule has 0 bridgehead atoms. The molecule has 0 aliphatic heterocycles. The number of thiophene rings is 1. The van der Waals surface area contributed by atoms with Crippen LogP contribution in [0, 0.1) is 0 Å². The molecule has 1 fully saturated rings. The van der Waals surface area contributed by atoms with E-state index in [0.717, 1.165) is 29.7 Å². The predicted octanol–water partition coefficient (Wildman–Crippen LogP) is 2.93. The quantitative estimate of drug-likeness (QED) is 0.793. The van der Waals surface area contributed by atoms with Crippen LogP contribution in [0.15, 0.2) is 40.6 Å². The Bertz CT molecular complexity index is 822. The van der Waals surface area contributed by atoms with Crippen LogP contribution in [0.1, 0.15) is 30.2 Å². The molecule has 2 N–H and O–H groups in total. The Labute approximate surface area is 146 Å². The SMILES string of the molecule is CCc1ccc(S(=O)(=O)Nc2ccc(CC(=O)NC3CC3)cc2)s1. The minimum Gasteiger partial charge on any atom is -0.353 e. The van der Waals surface area contributed by atoms with Crippen LogP contribution in [0.25, 0.3) is 0 Å². The molecule has 5 nitrogen and oxygen atoms in total. The van der Waals surface area contributed by atoms with E-state index in [0.29, 0.717) is 22.4 Å². The van der Waals surface area contributed by atoms with Crippen molar-refractivity contribution in [2.45, 2.75) is 42.9 Å². The number of hydrogen-bond donors (Lipinski definition) is 2. The molecule has 1 heterocycles. The number of nitrogens with one attached hydrogen (secondary N) is 2. The molecule has 3 rings (SSSR count). The first kappa shape index (κ1) is 17.0. The van der Waals surface area contributed by atoms with E-state index in [1.54, 1.807) is 30.3 Å². The van der Waals surface area contributed by atoms with Crippen LogP contribution in [0.2, 0.25) is 0 Å². The van der Waals surface area contributed by atoms with Gasteiger partial charge >= 0.3 is 0 Å². The van der Waals surface area contributed by atoms with Crippen LogP contribution in [-0.4, -0.2) is 20.4 Å². The van der Waals surface area contributed by atoms with Crippen molar-refractivity contribution in [2.24, 2.45) is 0 Å². The van der Waals surface area contributed by atoms with Gasteiger partial charge in [0.15, 0.2) is 0 Å². The molecule has 0 spiro atoms. The van der Waals surface area contributed by atoms with Gasteiger partial charge in [-0.05, 0) is 49.1 Å². The molecule has 1 aliphatic carbocycles. The van der Waals surface area contributed by atoms with Crippen LogP contribution in [-0.2, 0) is 27.7 Å². The summed E-state index contributed by atoms with van der Waals surface area (Å²) in [5, 5.41) is 2.94. The molecule has 1 saturated carbocycles. The molecule has 0 atom stereocenters. The zero-order valence-corrected chi connectivity index (χ0v) is 15.0. The maximum atomic E-state index is 12.4. The highest BCUT2D eigenvalue weighted by Crippen LogP contribution is 2.24. The van der Waals surface area contributed by atoms with E-state index in [1.807, 2.05) is 13.0 Å². The first-order valence-corrected chi connectivity index (χ1v) is 10.3. The Balaban J connectivity index is 1.63. The largest absolute Gasteiger partial charge is 0.353 e. The highest BCUT2D eigenvalue weighted by atomic mass is 32.2. The Morgan fingerprint density at radius 3 is 2.46 bits per heavy atom. The van der Waals surface area contributed by atoms with Gasteiger partial charge in [0.1, 0.15) is 4.21 Å². The lowest BCUT2D eigenvalue weighted by Crippen LogP contribution is -2.26. The van der Waals surface area contributed by atoms with Gasteiger partial charge in [-0.2, -0.15) is 0 Å². The average molecular weight is 364 g/mol. The molecule has 0 radical (unpaired) electrons. The fraction of sp³-hybridized carbons (Fsp3) is 0.353. The monoisotopic (exact) mass is 364 g/mol. The van der Waals surface area contributed by atoms with Gasteiger partial charge < -0.3 is 5.32 Å². The van der Waals surface area contributed by atoms with Gasteiger partial charge in [-0.15, -0.1) is 11.3 Å². The Kier molecular flexibility index (Phi) is 4.91. The molecule has 24 heavy (non-hydrogen) atoms. The Morgan fingerprint density at radius 1 is 1.17 bits per heavy atom. The fourth-order valence-electron chi connectivity index (χ4n) is 2.28. The molecule has 1 aliphatic rings. The Morgan fingerprint density at radius 2 is 1.88 bits per heavy atom. The van der Waals surface area contributed by atoms with Crippen molar-refractivity contribution in [2.75, 3.05) is 4.72 Å². The number of amides is 1. The lowest BCUT2D eigenvalue weighted by molar-refractivity contribution is -0.120. The number of benzene rings is 1. The molecule has 0 saturated heterocycles. The summed E-state index contributed by atoms with van der Waals surface area (Å²) in [5.41, 5.74) is 1.35. The number of carbonyl (C=O) groups excluding carboxylic acids is 1. The lowest BCUT2D eigenvalue weighted by Gasteiger charge is -2.08. The van der Waals surface area contributed by atoms with Crippen molar-refractivity contribution in [1.82, 2.24) is 5.32 Å². The van der Waals surface area contributed by atoms with Crippen molar-refractivity contribution in [3.63, 3.8) is 0 Å². The van der Waals surface area contributed by atoms with E-state index in [9.17, 15) is 13.2 Å². The summed E-state index contributed by atoms with van der Waals surface area (Å²) in [5.74, 6) is 0.0107. The molecule has 1 aromatic carbocycles. The zero-order chi connectivity index (χ0) is 17.2. The standard InChI is InChI=1S/C17H20N2O3S2/c1-2-15-9-10-17(23-15)24(21,22)19-14-5-3-12(4-6-14)11-16(20)18-13-7-8-13/h3-6,9-10,13,19H,2,7-8,11H2,1H3,(H,18,20). The summed E-state index contributed by atoms with van der Waals surface area (Å²) < 4.78 is 27.6. The van der Waals surface area contributed by atoms with Gasteiger partial charge in [0.05, 0.1) is 6.42 Å². The van der Waals surface area contributed by atoms with Crippen LogP contribution in [0.5, 0.6) is 0 Å². The van der Waals surface area contributed by atoms with E-state index >= 15 is 0 Å². The maximum Gasteiger partial charge on any atom is 0.271 e. The van der Waals surface area contributed by atoms with Crippen LogP contribution < -0.4 is 10.0 Å². The summed E-state index contributed by atoms with van der Waals surface area (Å²) >= 11 is 1.28. The molecular weight excluding hydrogens is 344 g/mol. The molecule has 2 aromatic rings. The van der Waals surface area contributed by atoms with E-state index in [4.69, 9.17) is 0 Å². The zero-order valence-electron chi connectivity index (χ0n) is 13.4. The van der Waals surface area contributed by atoms with Crippen LogP contribution in [0.3, 0.4) is 0 Å². The number of aryl methyl sites for hydroxylation is 1. The number of hydrogen-bond acceptors (Lipinski definition) is 4. The summed E-state index contributed by atoms with van der Waals surface area (Å²) in [6.07, 6.45) is 3.26. The Hall–Kier alpha value is -1.86. The molecule has 7 heteroatoms. The smallest absolute Gasteiger partial charge is 0.271 e. The summed E-state index contributed by atoms with van der Waals surface area (Å²) in [7, 11) is -3.56. The number of anilines is 1. The third-order valence-electron chi connectivity index (χ3n) is 3.76. The van der Waals surface area contributed by atoms with Crippen LogP contribution in [0.4, 0.5) is 5.69 Å². The van der Waals surface area contributed by atoms with Gasteiger partial charge in [0, 0.05) is 16.6 Å². The van der Waals surface area contributed by atoms with Gasteiger partial charge in [0.2, 0.25) is 5.91 Å². The second-order valence-corrected chi connectivity index (χ2v) is 8.97. The van der Waals surface area contributed by atoms with E-state index in [2.05, 4.69) is 10.0 Å². The van der Waals surface area contributed by atoms with Gasteiger partial charge in [-0.1, -0.05) is 19.1 Å². The molecule has 1 amide bonds. The van der Waals surface area contributed by atoms with Crippen molar-refractivity contribution < 1.29 is 13.2 Å². The number of rotatable bonds is 7. The molecule has 0 unspecified atom stereocenters. The highest BCUT2D eigenvalue weighted by Gasteiger charge is 2.23. The van der Waals surface area contributed by atoms with E-state index < -0.39 is 10.0 Å². The lowest BCUT2D eigenvalue weighted by atomic mass is 10.1. The van der Waals surface area contributed by atoms with Gasteiger partial charge in [-0.25, -0.2) is 8.42 Å². The van der Waals surface area contributed by atoms with E-state index in [-0.39, 0.29) is 5.91 Å². The van der Waals surface area contributed by atoms with Crippen molar-refractivity contribution >= 4 is 33.0 Å². The first-order valence-electron chi connectivity index (χ1n) is 7.96. The molecule has 1 aromatic heterocycles. The van der Waals surface area contributed by atoms with Gasteiger partial charge in [-0.3, -0.25) is 9.52 Å². The predicted molar refractivity (Wildman–Crippen MR) is 95.8 cm³/mol. The first-order chi connectivity index (χ1) is 11.5. The fourth-order valence-corrected chi connectivity index (χ4v) is 4.63.